The van der Waals surface area contributed by atoms with E-state index in [0.717, 1.165) is 10.9 Å². The van der Waals surface area contributed by atoms with Crippen molar-refractivity contribution in [3.05, 3.63) is 29.3 Å². The van der Waals surface area contributed by atoms with Crippen LogP contribution >= 0.6 is 0 Å². The number of fused-ring (bicyclic) bond motifs is 1. The van der Waals surface area contributed by atoms with Gasteiger partial charge in [0.2, 0.25) is 0 Å². The number of ether oxygens (including phenoxy) is 2. The van der Waals surface area contributed by atoms with Crippen LogP contribution < -0.4 is 5.59 Å². The van der Waals surface area contributed by atoms with E-state index >= 15 is 0 Å². The van der Waals surface area contributed by atoms with Crippen molar-refractivity contribution in [3.8, 4) is 0 Å². The summed E-state index contributed by atoms with van der Waals surface area (Å²) in [6.07, 6.45) is 0.0283. The summed E-state index contributed by atoms with van der Waals surface area (Å²) in [6, 6.07) is 5.14. The van der Waals surface area contributed by atoms with Crippen LogP contribution in [0.2, 0.25) is 0 Å². The van der Waals surface area contributed by atoms with Crippen molar-refractivity contribution < 1.29 is 28.4 Å². The summed E-state index contributed by atoms with van der Waals surface area (Å²) in [5, 5.41) is 0.730. The Balaban J connectivity index is 2.13. The van der Waals surface area contributed by atoms with Crippen LogP contribution in [-0.4, -0.2) is 49.5 Å². The summed E-state index contributed by atoms with van der Waals surface area (Å²) in [5.74, 6) is -0.837. The number of aromatic amines is 1. The van der Waals surface area contributed by atoms with Crippen LogP contribution in [0.1, 0.15) is 43.6 Å². The molecule has 0 aliphatic carbocycles. The number of esters is 2. The number of hydrogen-bond donors (Lipinski definition) is 1. The lowest BCUT2D eigenvalue weighted by Crippen LogP contribution is -2.41. The predicted molar refractivity (Wildman–Crippen MR) is 101 cm³/mol. The summed E-state index contributed by atoms with van der Waals surface area (Å²) < 4.78 is 21.9. The molecule has 0 radical (unpaired) electrons. The molecule has 2 heterocycles. The number of rotatable bonds is 4. The zero-order chi connectivity index (χ0) is 20.0. The van der Waals surface area contributed by atoms with Gasteiger partial charge in [-0.15, -0.1) is 0 Å². The van der Waals surface area contributed by atoms with Crippen molar-refractivity contribution >= 4 is 35.6 Å². The zero-order valence-corrected chi connectivity index (χ0v) is 16.5. The quantitative estimate of drug-likeness (QED) is 0.652. The Morgan fingerprint density at radius 3 is 2.26 bits per heavy atom. The molecule has 1 aliphatic rings. The lowest BCUT2D eigenvalue weighted by Gasteiger charge is -2.32. The summed E-state index contributed by atoms with van der Waals surface area (Å²) in [5.41, 5.74) is 1.46. The number of carbonyl (C=O) groups excluding carboxylic acids is 2. The first-order valence-corrected chi connectivity index (χ1v) is 8.75. The summed E-state index contributed by atoms with van der Waals surface area (Å²) >= 11 is 0. The van der Waals surface area contributed by atoms with Crippen LogP contribution in [0.25, 0.3) is 10.9 Å². The van der Waals surface area contributed by atoms with Crippen LogP contribution in [0, 0.1) is 0 Å². The molecule has 1 aromatic carbocycles. The monoisotopic (exact) mass is 373 g/mol. The maximum Gasteiger partial charge on any atom is 0.512 e. The maximum atomic E-state index is 12.0. The fourth-order valence-electron chi connectivity index (χ4n) is 3.08. The minimum Gasteiger partial charge on any atom is -0.469 e. The fraction of sp³-hybridized carbons (Fsp3) is 0.474. The van der Waals surface area contributed by atoms with Crippen LogP contribution in [0.15, 0.2) is 18.2 Å². The zero-order valence-electron chi connectivity index (χ0n) is 16.5. The smallest absolute Gasteiger partial charge is 0.469 e. The minimum atomic E-state index is -0.663. The Morgan fingerprint density at radius 2 is 1.70 bits per heavy atom. The van der Waals surface area contributed by atoms with Gasteiger partial charge >= 0.3 is 19.1 Å². The van der Waals surface area contributed by atoms with Gasteiger partial charge in [0.15, 0.2) is 0 Å². The van der Waals surface area contributed by atoms with Gasteiger partial charge < -0.3 is 23.8 Å². The number of H-pyrrole nitrogens is 1. The Bertz CT molecular complexity index is 885. The van der Waals surface area contributed by atoms with Gasteiger partial charge in [-0.1, -0.05) is 0 Å². The molecular weight excluding hydrogens is 349 g/mol. The average Bonchev–Trinajstić information content (AvgIpc) is 3.07. The topological polar surface area (TPSA) is 86.9 Å². The van der Waals surface area contributed by atoms with Crippen LogP contribution in [0.3, 0.4) is 0 Å². The molecule has 1 saturated heterocycles. The number of methoxy groups -OCH3 is 2. The Kier molecular flexibility index (Phi) is 4.82. The Labute approximate surface area is 158 Å². The van der Waals surface area contributed by atoms with Crippen molar-refractivity contribution in [2.75, 3.05) is 14.2 Å². The first-order chi connectivity index (χ1) is 12.6. The highest BCUT2D eigenvalue weighted by Gasteiger charge is 2.53. The van der Waals surface area contributed by atoms with Gasteiger partial charge in [-0.25, -0.2) is 4.79 Å². The molecule has 1 N–H and O–H groups in total. The van der Waals surface area contributed by atoms with E-state index in [1.54, 1.807) is 18.2 Å². The van der Waals surface area contributed by atoms with Crippen molar-refractivity contribution in [2.45, 2.75) is 45.3 Å². The highest BCUT2D eigenvalue weighted by molar-refractivity contribution is 6.62. The second kappa shape index (κ2) is 6.69. The molecule has 0 saturated carbocycles. The molecule has 7 nitrogen and oxygen atoms in total. The van der Waals surface area contributed by atoms with Crippen LogP contribution in [-0.2, 0) is 30.0 Å². The third kappa shape index (κ3) is 3.35. The molecule has 2 aromatic rings. The summed E-state index contributed by atoms with van der Waals surface area (Å²) in [4.78, 5) is 27.2. The third-order valence-corrected chi connectivity index (χ3v) is 5.40. The molecule has 1 aliphatic heterocycles. The van der Waals surface area contributed by atoms with E-state index in [4.69, 9.17) is 18.8 Å². The van der Waals surface area contributed by atoms with E-state index < -0.39 is 30.3 Å². The predicted octanol–water partition coefficient (Wildman–Crippen LogP) is 1.97. The fourth-order valence-corrected chi connectivity index (χ4v) is 3.08. The molecule has 0 bridgehead atoms. The van der Waals surface area contributed by atoms with Crippen molar-refractivity contribution in [3.63, 3.8) is 0 Å². The molecule has 0 atom stereocenters. The highest BCUT2D eigenvalue weighted by atomic mass is 16.7. The Hall–Kier alpha value is -2.32. The van der Waals surface area contributed by atoms with Gasteiger partial charge in [-0.2, -0.15) is 0 Å². The lowest BCUT2D eigenvalue weighted by molar-refractivity contribution is -0.139. The molecule has 8 heteroatoms. The van der Waals surface area contributed by atoms with Crippen LogP contribution in [0.4, 0.5) is 0 Å². The summed E-state index contributed by atoms with van der Waals surface area (Å²) in [6.45, 7) is 7.85. The van der Waals surface area contributed by atoms with Crippen LogP contribution in [0.5, 0.6) is 0 Å². The molecule has 3 rings (SSSR count). The highest BCUT2D eigenvalue weighted by Crippen LogP contribution is 2.37. The normalized spacial score (nSPS) is 17.9. The molecule has 1 aromatic heterocycles. The Morgan fingerprint density at radius 1 is 1.07 bits per heavy atom. The van der Waals surface area contributed by atoms with E-state index in [1.165, 1.54) is 14.2 Å². The van der Waals surface area contributed by atoms with E-state index in [0.29, 0.717) is 16.7 Å². The van der Waals surface area contributed by atoms with Gasteiger partial charge in [0.1, 0.15) is 0 Å². The molecule has 0 spiro atoms. The number of benzene rings is 1. The lowest BCUT2D eigenvalue weighted by atomic mass is 9.80. The molecule has 0 amide bonds. The van der Waals surface area contributed by atoms with Gasteiger partial charge in [0.05, 0.1) is 43.0 Å². The molecule has 0 unspecified atom stereocenters. The van der Waals surface area contributed by atoms with E-state index in [9.17, 15) is 9.59 Å². The minimum absolute atomic E-state index is 0.0283. The van der Waals surface area contributed by atoms with Crippen molar-refractivity contribution in [1.82, 2.24) is 4.98 Å². The standard InChI is InChI=1S/C19H24BNO6/c1-18(2)19(3,4)27-20(26-18)16-13(10-15(22)24-5)12-9-11(17(23)25-6)7-8-14(12)21-16/h7-9,21H,10H2,1-6H3. The van der Waals surface area contributed by atoms with E-state index in [2.05, 4.69) is 4.98 Å². The second-order valence-corrected chi connectivity index (χ2v) is 7.61. The maximum absolute atomic E-state index is 12.0. The first-order valence-electron chi connectivity index (χ1n) is 8.75. The first kappa shape index (κ1) is 19.4. The van der Waals surface area contributed by atoms with Gasteiger partial charge in [0.25, 0.3) is 0 Å². The second-order valence-electron chi connectivity index (χ2n) is 7.61. The number of nitrogens with one attached hydrogen (secondary N) is 1. The number of aromatic nitrogens is 1. The molecular formula is C19H24BNO6. The van der Waals surface area contributed by atoms with Crippen molar-refractivity contribution in [2.24, 2.45) is 0 Å². The van der Waals surface area contributed by atoms with Gasteiger partial charge in [-0.05, 0) is 51.5 Å². The number of carbonyl (C=O) groups is 2. The molecule has 27 heavy (non-hydrogen) atoms. The molecule has 144 valence electrons. The summed E-state index contributed by atoms with van der Waals surface area (Å²) in [7, 11) is 2.00. The average molecular weight is 373 g/mol. The SMILES string of the molecule is COC(=O)Cc1c(B2OC(C)(C)C(C)(C)O2)[nH]c2ccc(C(=O)OC)cc12. The van der Waals surface area contributed by atoms with E-state index in [-0.39, 0.29) is 6.42 Å². The van der Waals surface area contributed by atoms with Crippen molar-refractivity contribution in [1.29, 1.82) is 0 Å². The number of hydrogen-bond acceptors (Lipinski definition) is 6. The third-order valence-electron chi connectivity index (χ3n) is 5.40. The van der Waals surface area contributed by atoms with Gasteiger partial charge in [-0.3, -0.25) is 4.79 Å². The van der Waals surface area contributed by atoms with Gasteiger partial charge in [0, 0.05) is 10.9 Å². The largest absolute Gasteiger partial charge is 0.512 e. The molecule has 1 fully saturated rings. The van der Waals surface area contributed by atoms with E-state index in [1.807, 2.05) is 27.7 Å².